The number of nitriles is 1. The highest BCUT2D eigenvalue weighted by Gasteiger charge is 2.47. The van der Waals surface area contributed by atoms with Crippen molar-refractivity contribution in [1.82, 2.24) is 14.9 Å². The van der Waals surface area contributed by atoms with Gasteiger partial charge in [0.2, 0.25) is 11.8 Å². The summed E-state index contributed by atoms with van der Waals surface area (Å²) in [6.07, 6.45) is 2.12. The molecule has 1 atom stereocenters. The van der Waals surface area contributed by atoms with E-state index in [0.717, 1.165) is 16.0 Å². The lowest BCUT2D eigenvalue weighted by Gasteiger charge is -2.18. The van der Waals surface area contributed by atoms with Crippen molar-refractivity contribution in [2.75, 3.05) is 6.54 Å². The van der Waals surface area contributed by atoms with Gasteiger partial charge in [-0.3, -0.25) is 14.6 Å². The van der Waals surface area contributed by atoms with Crippen LogP contribution in [0.25, 0.3) is 22.0 Å². The summed E-state index contributed by atoms with van der Waals surface area (Å²) in [4.78, 5) is 35.0. The summed E-state index contributed by atoms with van der Waals surface area (Å²) in [7, 11) is 0. The molecule has 0 radical (unpaired) electrons. The molecule has 1 aliphatic heterocycles. The molecule has 1 amide bonds. The van der Waals surface area contributed by atoms with E-state index in [1.807, 2.05) is 32.0 Å². The minimum absolute atomic E-state index is 0. The minimum Gasteiger partial charge on any atom is -0.475 e. The number of alkyl halides is 2. The van der Waals surface area contributed by atoms with E-state index in [-0.39, 0.29) is 38.2 Å². The van der Waals surface area contributed by atoms with E-state index in [1.165, 1.54) is 6.20 Å². The summed E-state index contributed by atoms with van der Waals surface area (Å²) >= 11 is 0. The fourth-order valence-electron chi connectivity index (χ4n) is 4.12. The molecule has 7 nitrogen and oxygen atoms in total. The van der Waals surface area contributed by atoms with Crippen LogP contribution in [0.5, 0.6) is 5.88 Å². The molecule has 1 fully saturated rings. The smallest absolute Gasteiger partial charge is 0.268 e. The van der Waals surface area contributed by atoms with Crippen LogP contribution in [-0.2, 0) is 4.79 Å². The van der Waals surface area contributed by atoms with Gasteiger partial charge in [0.05, 0.1) is 24.2 Å². The Bertz CT molecular complexity index is 1310. The summed E-state index contributed by atoms with van der Waals surface area (Å²) in [5, 5.41) is 9.72. The number of nitrogens with zero attached hydrogens (tertiary/aromatic N) is 4. The van der Waals surface area contributed by atoms with Gasteiger partial charge < -0.3 is 9.64 Å². The van der Waals surface area contributed by atoms with Gasteiger partial charge in [0.1, 0.15) is 6.04 Å². The summed E-state index contributed by atoms with van der Waals surface area (Å²) < 4.78 is 32.9. The standard InChI is InChI=1S/C26H24F2N4O3.H2S/c1-16(2)35-24-7-4-18(14-31-24)17-3-5-22-21(11-17)20(9-10-30-22)23(33)6-8-25(34)32-15-26(27,28)12-19(32)13-29;/h3-5,7,9-11,14,16,19H,6,8,12,15H2,1-2H3;1H2/t19-;/m0./s1. The Labute approximate surface area is 214 Å². The Morgan fingerprint density at radius 3 is 2.58 bits per heavy atom. The third-order valence-electron chi connectivity index (χ3n) is 5.77. The first-order chi connectivity index (χ1) is 16.7. The number of halogens is 2. The fourth-order valence-corrected chi connectivity index (χ4v) is 4.12. The van der Waals surface area contributed by atoms with E-state index in [2.05, 4.69) is 9.97 Å². The van der Waals surface area contributed by atoms with Crippen LogP contribution in [0.4, 0.5) is 8.78 Å². The Balaban J connectivity index is 0.00000361. The van der Waals surface area contributed by atoms with Crippen LogP contribution in [0.3, 0.4) is 0 Å². The lowest BCUT2D eigenvalue weighted by Crippen LogP contribution is -2.36. The van der Waals surface area contributed by atoms with Gasteiger partial charge in [-0.05, 0) is 43.7 Å². The third kappa shape index (κ3) is 5.97. The van der Waals surface area contributed by atoms with Crippen LogP contribution in [0.15, 0.2) is 48.8 Å². The zero-order chi connectivity index (χ0) is 25.2. The molecule has 0 N–H and O–H groups in total. The van der Waals surface area contributed by atoms with E-state index in [9.17, 15) is 18.4 Å². The molecule has 4 rings (SSSR count). The topological polar surface area (TPSA) is 96.2 Å². The second kappa shape index (κ2) is 11.0. The molecular formula is C26H26F2N4O3S. The predicted molar refractivity (Wildman–Crippen MR) is 135 cm³/mol. The molecule has 0 aliphatic carbocycles. The van der Waals surface area contributed by atoms with Gasteiger partial charge >= 0.3 is 0 Å². The number of rotatable bonds is 7. The van der Waals surface area contributed by atoms with Crippen LogP contribution in [0.1, 0.15) is 43.5 Å². The van der Waals surface area contributed by atoms with Crippen molar-refractivity contribution in [3.05, 3.63) is 54.4 Å². The summed E-state index contributed by atoms with van der Waals surface area (Å²) in [6.45, 7) is 3.04. The molecule has 0 saturated carbocycles. The number of aromatic nitrogens is 2. The molecule has 1 saturated heterocycles. The number of pyridine rings is 2. The highest BCUT2D eigenvalue weighted by atomic mass is 32.1. The van der Waals surface area contributed by atoms with Gasteiger partial charge in [-0.2, -0.15) is 18.8 Å². The van der Waals surface area contributed by atoms with Gasteiger partial charge in [0.25, 0.3) is 5.92 Å². The van der Waals surface area contributed by atoms with E-state index in [0.29, 0.717) is 22.3 Å². The zero-order valence-electron chi connectivity index (χ0n) is 19.9. The van der Waals surface area contributed by atoms with Gasteiger partial charge in [-0.15, -0.1) is 0 Å². The normalized spacial score (nSPS) is 16.4. The van der Waals surface area contributed by atoms with E-state index >= 15 is 0 Å². The Kier molecular flexibility index (Phi) is 8.25. The molecule has 0 spiro atoms. The zero-order valence-corrected chi connectivity index (χ0v) is 20.9. The number of benzene rings is 1. The first-order valence-corrected chi connectivity index (χ1v) is 11.3. The van der Waals surface area contributed by atoms with Crippen LogP contribution in [0, 0.1) is 11.3 Å². The summed E-state index contributed by atoms with van der Waals surface area (Å²) in [6, 6.07) is 11.3. The number of Topliss-reactive ketones (excluding diaryl/α,β-unsaturated/α-hetero) is 1. The number of carbonyl (C=O) groups is 2. The lowest BCUT2D eigenvalue weighted by atomic mass is 9.98. The van der Waals surface area contributed by atoms with Gasteiger partial charge in [-0.25, -0.2) is 13.8 Å². The van der Waals surface area contributed by atoms with Crippen molar-refractivity contribution in [1.29, 1.82) is 5.26 Å². The van der Waals surface area contributed by atoms with Crippen LogP contribution < -0.4 is 4.74 Å². The van der Waals surface area contributed by atoms with Gasteiger partial charge in [-0.1, -0.05) is 6.07 Å². The minimum atomic E-state index is -3.09. The van der Waals surface area contributed by atoms with Crippen molar-refractivity contribution >= 4 is 36.1 Å². The maximum Gasteiger partial charge on any atom is 0.268 e. The second-order valence-electron chi connectivity index (χ2n) is 8.79. The average molecular weight is 513 g/mol. The number of hydrogen-bond acceptors (Lipinski definition) is 6. The number of likely N-dealkylation sites (tertiary alicyclic amines) is 1. The van der Waals surface area contributed by atoms with E-state index in [4.69, 9.17) is 10.00 Å². The molecule has 1 aromatic carbocycles. The predicted octanol–water partition coefficient (Wildman–Crippen LogP) is 4.92. The molecule has 0 bridgehead atoms. The molecule has 1 aliphatic rings. The molecule has 10 heteroatoms. The first-order valence-electron chi connectivity index (χ1n) is 11.3. The van der Waals surface area contributed by atoms with E-state index < -0.39 is 30.8 Å². The monoisotopic (exact) mass is 512 g/mol. The number of fused-ring (bicyclic) bond motifs is 1. The Hall–Kier alpha value is -3.58. The van der Waals surface area contributed by atoms with Crippen molar-refractivity contribution in [3.8, 4) is 23.1 Å². The molecule has 2 aromatic heterocycles. The number of carbonyl (C=O) groups excluding carboxylic acids is 2. The molecular weight excluding hydrogens is 486 g/mol. The Morgan fingerprint density at radius 2 is 1.92 bits per heavy atom. The van der Waals surface area contributed by atoms with Crippen molar-refractivity contribution in [3.63, 3.8) is 0 Å². The lowest BCUT2D eigenvalue weighted by molar-refractivity contribution is -0.132. The van der Waals surface area contributed by atoms with Crippen molar-refractivity contribution in [2.45, 2.75) is 51.2 Å². The van der Waals surface area contributed by atoms with Gasteiger partial charge in [0, 0.05) is 54.2 Å². The third-order valence-corrected chi connectivity index (χ3v) is 5.77. The highest BCUT2D eigenvalue weighted by Crippen LogP contribution is 2.32. The molecule has 3 aromatic rings. The molecule has 188 valence electrons. The number of ether oxygens (including phenoxy) is 1. The quantitative estimate of drug-likeness (QED) is 0.417. The van der Waals surface area contributed by atoms with Crippen LogP contribution >= 0.6 is 13.5 Å². The van der Waals surface area contributed by atoms with Gasteiger partial charge in [0.15, 0.2) is 5.78 Å². The summed E-state index contributed by atoms with van der Waals surface area (Å²) in [5.41, 5.74) is 2.66. The SMILES string of the molecule is CC(C)Oc1ccc(-c2ccc3nccc(C(=O)CCC(=O)N4CC(F)(F)C[C@H]4C#N)c3c2)cn1.S. The first kappa shape index (κ1) is 27.0. The molecule has 3 heterocycles. The molecule has 36 heavy (non-hydrogen) atoms. The number of amides is 1. The van der Waals surface area contributed by atoms with Crippen LogP contribution in [-0.4, -0.2) is 51.2 Å². The highest BCUT2D eigenvalue weighted by molar-refractivity contribution is 7.59. The second-order valence-corrected chi connectivity index (χ2v) is 8.79. The van der Waals surface area contributed by atoms with Crippen molar-refractivity contribution in [2.24, 2.45) is 0 Å². The van der Waals surface area contributed by atoms with E-state index in [1.54, 1.807) is 30.5 Å². The van der Waals surface area contributed by atoms with Crippen molar-refractivity contribution < 1.29 is 23.1 Å². The average Bonchev–Trinajstić information content (AvgIpc) is 3.16. The fraction of sp³-hybridized carbons (Fsp3) is 0.346. The summed E-state index contributed by atoms with van der Waals surface area (Å²) in [5.74, 6) is -3.51. The Morgan fingerprint density at radius 1 is 1.17 bits per heavy atom. The molecule has 0 unspecified atom stereocenters. The number of hydrogen-bond donors (Lipinski definition) is 0. The van der Waals surface area contributed by atoms with Crippen LogP contribution in [0.2, 0.25) is 0 Å². The number of ketones is 1. The maximum atomic E-state index is 13.7. The maximum absolute atomic E-state index is 13.7. The largest absolute Gasteiger partial charge is 0.475 e.